The molecule has 0 aliphatic carbocycles. The molecule has 0 aliphatic heterocycles. The average molecular weight is 671 g/mol. The van der Waals surface area contributed by atoms with Crippen molar-refractivity contribution in [3.63, 3.8) is 0 Å². The number of ether oxygens (including phenoxy) is 1. The molecule has 4 N–H and O–H groups in total. The molecule has 1 amide bonds. The van der Waals surface area contributed by atoms with Gasteiger partial charge in [-0.15, -0.1) is 0 Å². The van der Waals surface area contributed by atoms with E-state index in [4.69, 9.17) is 10.5 Å². The molecule has 48 heavy (non-hydrogen) atoms. The number of nitrogens with two attached hydrogens (primary N) is 1. The summed E-state index contributed by atoms with van der Waals surface area (Å²) >= 11 is 0. The van der Waals surface area contributed by atoms with Crippen LogP contribution in [0.3, 0.4) is 0 Å². The second kappa shape index (κ2) is 35.4. The number of unbranched alkanes of at least 4 members (excludes halogenated alkanes) is 11. The Bertz CT molecular complexity index is 937. The summed E-state index contributed by atoms with van der Waals surface area (Å²) in [5.41, 5.74) is 5.47. The molecule has 0 aromatic rings. The van der Waals surface area contributed by atoms with E-state index in [0.29, 0.717) is 32.2 Å². The Hall–Kier alpha value is -2.93. The number of hydrogen-bond donors (Lipinski definition) is 3. The number of nitrogens with one attached hydrogen (secondary N) is 1. The van der Waals surface area contributed by atoms with Gasteiger partial charge in [0.1, 0.15) is 12.1 Å². The standard InChI is InChI=1S/C41H70N2O5/c1-3-5-7-9-11-13-15-17-19-22-26-31-37(48-40(45)35-29-25-20-18-16-14-12-10-8-6-4-2)32-27-23-21-24-28-34-39(44)43-38(41(46)47)33-30-36-42/h5,7,10-13,17,19,26,31,37-38H,3-4,6,8-9,14-16,18,20-25,27-30,32-36,42H2,1-2H3,(H,43,44)(H,46,47)/b7-5-,12-10-,13-11-,19-17-,31-26-. The summed E-state index contributed by atoms with van der Waals surface area (Å²) in [7, 11) is 0. The van der Waals surface area contributed by atoms with E-state index in [1.807, 2.05) is 6.08 Å². The number of rotatable bonds is 33. The fourth-order valence-electron chi connectivity index (χ4n) is 5.16. The highest BCUT2D eigenvalue weighted by Crippen LogP contribution is 2.15. The summed E-state index contributed by atoms with van der Waals surface area (Å²) in [6.07, 6.45) is 42.7. The largest absolute Gasteiger partial charge is 0.480 e. The first kappa shape index (κ1) is 45.1. The summed E-state index contributed by atoms with van der Waals surface area (Å²) < 4.78 is 5.89. The van der Waals surface area contributed by atoms with Gasteiger partial charge in [0.25, 0.3) is 0 Å². The third-order valence-electron chi connectivity index (χ3n) is 8.05. The Balaban J connectivity index is 4.51. The molecule has 0 bridgehead atoms. The lowest BCUT2D eigenvalue weighted by atomic mass is 10.1. The second-order valence-corrected chi connectivity index (χ2v) is 12.6. The summed E-state index contributed by atoms with van der Waals surface area (Å²) in [6.45, 7) is 4.76. The van der Waals surface area contributed by atoms with Crippen LogP contribution in [0, 0.1) is 0 Å². The minimum absolute atomic E-state index is 0.113. The molecule has 0 aliphatic rings. The van der Waals surface area contributed by atoms with Crippen molar-refractivity contribution in [1.82, 2.24) is 5.32 Å². The number of carboxylic acids is 1. The molecule has 0 fully saturated rings. The number of carboxylic acid groups (broad SMARTS) is 1. The van der Waals surface area contributed by atoms with E-state index >= 15 is 0 Å². The molecular formula is C41H70N2O5. The van der Waals surface area contributed by atoms with Gasteiger partial charge in [-0.3, -0.25) is 9.59 Å². The van der Waals surface area contributed by atoms with Gasteiger partial charge in [-0.25, -0.2) is 4.79 Å². The average Bonchev–Trinajstić information content (AvgIpc) is 3.07. The number of hydrogen-bond acceptors (Lipinski definition) is 5. The highest BCUT2D eigenvalue weighted by atomic mass is 16.5. The Morgan fingerprint density at radius 1 is 0.646 bits per heavy atom. The number of esters is 1. The highest BCUT2D eigenvalue weighted by Gasteiger charge is 2.18. The van der Waals surface area contributed by atoms with Crippen molar-refractivity contribution in [3.05, 3.63) is 60.8 Å². The van der Waals surface area contributed by atoms with Gasteiger partial charge < -0.3 is 20.9 Å². The Morgan fingerprint density at radius 3 is 1.83 bits per heavy atom. The predicted molar refractivity (Wildman–Crippen MR) is 202 cm³/mol. The lowest BCUT2D eigenvalue weighted by molar-refractivity contribution is -0.147. The van der Waals surface area contributed by atoms with Gasteiger partial charge in [0.2, 0.25) is 5.91 Å². The lowest BCUT2D eigenvalue weighted by Crippen LogP contribution is -2.40. The van der Waals surface area contributed by atoms with Gasteiger partial charge in [-0.2, -0.15) is 0 Å². The first-order chi connectivity index (χ1) is 23.4. The Kier molecular flexibility index (Phi) is 33.2. The van der Waals surface area contributed by atoms with Gasteiger partial charge in [0, 0.05) is 12.8 Å². The van der Waals surface area contributed by atoms with Crippen molar-refractivity contribution in [1.29, 1.82) is 0 Å². The second-order valence-electron chi connectivity index (χ2n) is 12.6. The Labute approximate surface area is 293 Å². The van der Waals surface area contributed by atoms with E-state index < -0.39 is 12.0 Å². The first-order valence-electron chi connectivity index (χ1n) is 19.1. The van der Waals surface area contributed by atoms with Crippen molar-refractivity contribution in [2.24, 2.45) is 5.73 Å². The van der Waals surface area contributed by atoms with E-state index in [9.17, 15) is 19.5 Å². The van der Waals surface area contributed by atoms with Gasteiger partial charge in [-0.05, 0) is 96.1 Å². The van der Waals surface area contributed by atoms with Crippen LogP contribution in [0.15, 0.2) is 60.8 Å². The molecule has 7 heteroatoms. The number of aliphatic carboxylic acids is 1. The van der Waals surface area contributed by atoms with E-state index in [-0.39, 0.29) is 18.0 Å². The molecule has 274 valence electrons. The van der Waals surface area contributed by atoms with Crippen LogP contribution in [-0.2, 0) is 19.1 Å². The van der Waals surface area contributed by atoms with Gasteiger partial charge in [-0.1, -0.05) is 120 Å². The van der Waals surface area contributed by atoms with E-state index in [1.165, 1.54) is 32.1 Å². The molecule has 0 aromatic carbocycles. The summed E-state index contributed by atoms with van der Waals surface area (Å²) in [6, 6.07) is -0.869. The minimum atomic E-state index is -1.02. The Morgan fingerprint density at radius 2 is 1.21 bits per heavy atom. The fourth-order valence-corrected chi connectivity index (χ4v) is 5.16. The van der Waals surface area contributed by atoms with Crippen molar-refractivity contribution >= 4 is 17.8 Å². The van der Waals surface area contributed by atoms with E-state index in [1.54, 1.807) is 0 Å². The number of allylic oxidation sites excluding steroid dienone is 9. The van der Waals surface area contributed by atoms with Crippen LogP contribution in [-0.4, -0.2) is 41.6 Å². The summed E-state index contributed by atoms with van der Waals surface area (Å²) in [5, 5.41) is 11.9. The maximum atomic E-state index is 12.7. The topological polar surface area (TPSA) is 119 Å². The molecule has 0 radical (unpaired) electrons. The molecular weight excluding hydrogens is 600 g/mol. The maximum absolute atomic E-state index is 12.7. The number of carbonyl (C=O) groups is 3. The highest BCUT2D eigenvalue weighted by molar-refractivity contribution is 5.83. The molecule has 2 atom stereocenters. The van der Waals surface area contributed by atoms with Crippen molar-refractivity contribution in [3.8, 4) is 0 Å². The van der Waals surface area contributed by atoms with Crippen LogP contribution < -0.4 is 11.1 Å². The maximum Gasteiger partial charge on any atom is 0.326 e. The molecule has 0 saturated carbocycles. The number of amides is 1. The van der Waals surface area contributed by atoms with Gasteiger partial charge in [0.05, 0.1) is 0 Å². The molecule has 0 aromatic heterocycles. The molecule has 7 nitrogen and oxygen atoms in total. The molecule has 0 heterocycles. The minimum Gasteiger partial charge on any atom is -0.480 e. The monoisotopic (exact) mass is 671 g/mol. The fraction of sp³-hybridized carbons (Fsp3) is 0.683. The zero-order valence-electron chi connectivity index (χ0n) is 30.6. The zero-order chi connectivity index (χ0) is 35.3. The molecule has 2 unspecified atom stereocenters. The lowest BCUT2D eigenvalue weighted by Gasteiger charge is -2.15. The van der Waals surface area contributed by atoms with Crippen molar-refractivity contribution < 1.29 is 24.2 Å². The summed E-state index contributed by atoms with van der Waals surface area (Å²) in [5.74, 6) is -1.35. The van der Waals surface area contributed by atoms with Crippen LogP contribution in [0.2, 0.25) is 0 Å². The molecule has 0 saturated heterocycles. The van der Waals surface area contributed by atoms with Crippen molar-refractivity contribution in [2.75, 3.05) is 6.54 Å². The van der Waals surface area contributed by atoms with Crippen LogP contribution in [0.4, 0.5) is 0 Å². The van der Waals surface area contributed by atoms with E-state index in [0.717, 1.165) is 89.9 Å². The normalized spacial score (nSPS) is 13.4. The van der Waals surface area contributed by atoms with Crippen LogP contribution in [0.25, 0.3) is 0 Å². The third kappa shape index (κ3) is 31.7. The molecule has 0 rings (SSSR count). The van der Waals surface area contributed by atoms with Gasteiger partial charge >= 0.3 is 11.9 Å². The third-order valence-corrected chi connectivity index (χ3v) is 8.05. The SMILES string of the molecule is CC/C=C\C/C=C\C/C=C\C/C=C\C(CCCCCCCC(=O)NC(CCCN)C(=O)O)OC(=O)CCCCCCC/C=C\CCCC. The van der Waals surface area contributed by atoms with Crippen molar-refractivity contribution in [2.45, 2.75) is 174 Å². The van der Waals surface area contributed by atoms with Crippen LogP contribution >= 0.6 is 0 Å². The smallest absolute Gasteiger partial charge is 0.326 e. The predicted octanol–water partition coefficient (Wildman–Crippen LogP) is 10.2. The molecule has 0 spiro atoms. The van der Waals surface area contributed by atoms with Gasteiger partial charge in [0.15, 0.2) is 0 Å². The van der Waals surface area contributed by atoms with Crippen LogP contribution in [0.1, 0.15) is 162 Å². The zero-order valence-corrected chi connectivity index (χ0v) is 30.6. The van der Waals surface area contributed by atoms with Crippen LogP contribution in [0.5, 0.6) is 0 Å². The quantitative estimate of drug-likeness (QED) is 0.0363. The number of carbonyl (C=O) groups excluding carboxylic acids is 2. The summed E-state index contributed by atoms with van der Waals surface area (Å²) in [4.78, 5) is 36.2. The first-order valence-corrected chi connectivity index (χ1v) is 19.1. The van der Waals surface area contributed by atoms with E-state index in [2.05, 4.69) is 73.8 Å².